The van der Waals surface area contributed by atoms with Gasteiger partial charge in [-0.1, -0.05) is 43.5 Å². The molecule has 0 saturated heterocycles. The molecule has 2 fully saturated rings. The van der Waals surface area contributed by atoms with Gasteiger partial charge in [-0.3, -0.25) is 0 Å². The average Bonchev–Trinajstić information content (AvgIpc) is 2.82. The summed E-state index contributed by atoms with van der Waals surface area (Å²) in [6.07, 6.45) is 5.97. The second kappa shape index (κ2) is 3.12. The first-order chi connectivity index (χ1) is 6.86. The lowest BCUT2D eigenvalue weighted by Gasteiger charge is -2.25. The summed E-state index contributed by atoms with van der Waals surface area (Å²) in [7, 11) is 0. The van der Waals surface area contributed by atoms with E-state index in [1.165, 1.54) is 31.2 Å². The molecule has 1 aromatic rings. The third-order valence-electron chi connectivity index (χ3n) is 4.18. The molecule has 1 aromatic carbocycles. The molecule has 0 heterocycles. The summed E-state index contributed by atoms with van der Waals surface area (Å²) in [5.74, 6) is 3.05. The Bertz CT molecular complexity index is 336. The topological polar surface area (TPSA) is 0 Å². The van der Waals surface area contributed by atoms with E-state index in [0.29, 0.717) is 0 Å². The Hall–Kier alpha value is -0.780. The first kappa shape index (κ1) is 8.52. The molecular weight excluding hydrogens is 168 g/mol. The van der Waals surface area contributed by atoms with Gasteiger partial charge in [0.05, 0.1) is 0 Å². The molecule has 0 aliphatic heterocycles. The first-order valence-corrected chi connectivity index (χ1v) is 5.92. The number of aryl methyl sites for hydroxylation is 1. The van der Waals surface area contributed by atoms with Crippen LogP contribution >= 0.6 is 0 Å². The first-order valence-electron chi connectivity index (χ1n) is 5.92. The highest BCUT2D eigenvalue weighted by atomic mass is 14.5. The highest BCUT2D eigenvalue weighted by Gasteiger charge is 2.45. The number of hydrogen-bond acceptors (Lipinski definition) is 0. The Labute approximate surface area is 86.3 Å². The zero-order valence-electron chi connectivity index (χ0n) is 8.87. The molecule has 2 saturated carbocycles. The van der Waals surface area contributed by atoms with Crippen LogP contribution in [0.1, 0.15) is 42.7 Å². The van der Waals surface area contributed by atoms with Crippen LogP contribution in [0, 0.1) is 18.8 Å². The van der Waals surface area contributed by atoms with Gasteiger partial charge in [-0.05, 0) is 42.2 Å². The van der Waals surface area contributed by atoms with Gasteiger partial charge in [0.25, 0.3) is 0 Å². The van der Waals surface area contributed by atoms with Crippen LogP contribution in [0.15, 0.2) is 24.3 Å². The zero-order valence-corrected chi connectivity index (χ0v) is 8.87. The van der Waals surface area contributed by atoms with Crippen LogP contribution < -0.4 is 0 Å². The fourth-order valence-corrected chi connectivity index (χ4v) is 2.96. The van der Waals surface area contributed by atoms with Crippen LogP contribution in [0.5, 0.6) is 0 Å². The van der Waals surface area contributed by atoms with Gasteiger partial charge in [0.1, 0.15) is 0 Å². The van der Waals surface area contributed by atoms with E-state index in [2.05, 4.69) is 31.2 Å². The van der Waals surface area contributed by atoms with Crippen LogP contribution in [0.3, 0.4) is 0 Å². The van der Waals surface area contributed by atoms with Crippen molar-refractivity contribution in [2.75, 3.05) is 0 Å². The van der Waals surface area contributed by atoms with E-state index >= 15 is 0 Å². The third kappa shape index (κ3) is 1.28. The van der Waals surface area contributed by atoms with Crippen molar-refractivity contribution in [3.05, 3.63) is 35.4 Å². The van der Waals surface area contributed by atoms with E-state index < -0.39 is 0 Å². The number of benzene rings is 1. The lowest BCUT2D eigenvalue weighted by atomic mass is 9.80. The van der Waals surface area contributed by atoms with Crippen molar-refractivity contribution in [3.8, 4) is 0 Å². The van der Waals surface area contributed by atoms with E-state index in [1.807, 2.05) is 0 Å². The average molecular weight is 186 g/mol. The van der Waals surface area contributed by atoms with Crippen molar-refractivity contribution in [2.45, 2.75) is 38.5 Å². The molecule has 3 rings (SSSR count). The molecule has 14 heavy (non-hydrogen) atoms. The maximum atomic E-state index is 2.33. The van der Waals surface area contributed by atoms with E-state index in [0.717, 1.165) is 17.8 Å². The lowest BCUT2D eigenvalue weighted by Crippen LogP contribution is -2.13. The van der Waals surface area contributed by atoms with Crippen LogP contribution in [-0.4, -0.2) is 0 Å². The summed E-state index contributed by atoms with van der Waals surface area (Å²) < 4.78 is 0. The molecule has 0 nitrogen and oxygen atoms in total. The van der Waals surface area contributed by atoms with Gasteiger partial charge in [0.15, 0.2) is 0 Å². The molecule has 2 atom stereocenters. The standard InChI is InChI=1S/C14H18/c1-10-5-2-3-8-12(10)14-9-13(14)11-6-4-7-11/h2-3,5,8,11,13-14H,4,6-7,9H2,1H3/t13-,14?/m0/s1. The second-order valence-electron chi connectivity index (χ2n) is 5.05. The number of hydrogen-bond donors (Lipinski definition) is 0. The number of rotatable bonds is 2. The van der Waals surface area contributed by atoms with Crippen molar-refractivity contribution in [2.24, 2.45) is 11.8 Å². The maximum Gasteiger partial charge on any atom is -0.0125 e. The fraction of sp³-hybridized carbons (Fsp3) is 0.571. The fourth-order valence-electron chi connectivity index (χ4n) is 2.96. The van der Waals surface area contributed by atoms with Gasteiger partial charge in [0.2, 0.25) is 0 Å². The normalized spacial score (nSPS) is 31.2. The Morgan fingerprint density at radius 1 is 1.14 bits per heavy atom. The van der Waals surface area contributed by atoms with Crippen LogP contribution in [-0.2, 0) is 0 Å². The summed E-state index contributed by atoms with van der Waals surface area (Å²) in [5.41, 5.74) is 3.13. The van der Waals surface area contributed by atoms with Crippen LogP contribution in [0.25, 0.3) is 0 Å². The summed E-state index contributed by atoms with van der Waals surface area (Å²) in [5, 5.41) is 0. The molecule has 1 unspecified atom stereocenters. The third-order valence-corrected chi connectivity index (χ3v) is 4.18. The molecule has 0 heteroatoms. The van der Waals surface area contributed by atoms with Gasteiger partial charge >= 0.3 is 0 Å². The molecule has 0 aromatic heterocycles. The van der Waals surface area contributed by atoms with Crippen molar-refractivity contribution < 1.29 is 0 Å². The Balaban J connectivity index is 1.76. The quantitative estimate of drug-likeness (QED) is 0.657. The highest BCUT2D eigenvalue weighted by Crippen LogP contribution is 2.57. The van der Waals surface area contributed by atoms with Gasteiger partial charge in [-0.25, -0.2) is 0 Å². The Kier molecular flexibility index (Phi) is 1.90. The van der Waals surface area contributed by atoms with Crippen LogP contribution in [0.2, 0.25) is 0 Å². The summed E-state index contributed by atoms with van der Waals surface area (Å²) >= 11 is 0. The largest absolute Gasteiger partial charge is 0.0620 e. The van der Waals surface area contributed by atoms with Gasteiger partial charge in [-0.15, -0.1) is 0 Å². The van der Waals surface area contributed by atoms with E-state index in [1.54, 1.807) is 5.56 Å². The lowest BCUT2D eigenvalue weighted by molar-refractivity contribution is 0.273. The molecule has 2 aliphatic rings. The van der Waals surface area contributed by atoms with E-state index in [9.17, 15) is 0 Å². The second-order valence-corrected chi connectivity index (χ2v) is 5.05. The van der Waals surface area contributed by atoms with E-state index in [4.69, 9.17) is 0 Å². The highest BCUT2D eigenvalue weighted by molar-refractivity contribution is 5.33. The van der Waals surface area contributed by atoms with Crippen molar-refractivity contribution >= 4 is 0 Å². The zero-order chi connectivity index (χ0) is 9.54. The van der Waals surface area contributed by atoms with Gasteiger partial charge in [0, 0.05) is 0 Å². The minimum absolute atomic E-state index is 0.918. The molecular formula is C14H18. The van der Waals surface area contributed by atoms with E-state index in [-0.39, 0.29) is 0 Å². The molecule has 0 radical (unpaired) electrons. The molecule has 74 valence electrons. The van der Waals surface area contributed by atoms with Gasteiger partial charge < -0.3 is 0 Å². The molecule has 0 spiro atoms. The predicted molar refractivity (Wildman–Crippen MR) is 59.4 cm³/mol. The summed E-state index contributed by atoms with van der Waals surface area (Å²) in [4.78, 5) is 0. The van der Waals surface area contributed by atoms with Crippen molar-refractivity contribution in [1.29, 1.82) is 0 Å². The summed E-state index contributed by atoms with van der Waals surface area (Å²) in [6, 6.07) is 8.93. The molecule has 0 bridgehead atoms. The minimum Gasteiger partial charge on any atom is -0.0620 e. The minimum atomic E-state index is 0.918. The van der Waals surface area contributed by atoms with Gasteiger partial charge in [-0.2, -0.15) is 0 Å². The van der Waals surface area contributed by atoms with Crippen molar-refractivity contribution in [1.82, 2.24) is 0 Å². The smallest absolute Gasteiger partial charge is 0.0125 e. The Morgan fingerprint density at radius 2 is 1.93 bits per heavy atom. The Morgan fingerprint density at radius 3 is 2.57 bits per heavy atom. The monoisotopic (exact) mass is 186 g/mol. The molecule has 0 amide bonds. The molecule has 2 aliphatic carbocycles. The predicted octanol–water partition coefficient (Wildman–Crippen LogP) is 3.90. The van der Waals surface area contributed by atoms with Crippen LogP contribution in [0.4, 0.5) is 0 Å². The summed E-state index contributed by atoms with van der Waals surface area (Å²) in [6.45, 7) is 2.26. The van der Waals surface area contributed by atoms with Crippen molar-refractivity contribution in [3.63, 3.8) is 0 Å². The maximum absolute atomic E-state index is 2.33. The SMILES string of the molecule is Cc1ccccc1C1C[C@H]1C1CCC1. The molecule has 0 N–H and O–H groups in total.